The maximum Gasteiger partial charge on any atom is 0.408 e. The van der Waals surface area contributed by atoms with E-state index in [-0.39, 0.29) is 12.2 Å². The van der Waals surface area contributed by atoms with Crippen molar-refractivity contribution >= 4 is 44.7 Å². The number of para-hydroxylation sites is 1. The van der Waals surface area contributed by atoms with Crippen LogP contribution < -0.4 is 15.7 Å². The average molecular weight is 513 g/mol. The Balaban J connectivity index is 1.48. The van der Waals surface area contributed by atoms with Crippen molar-refractivity contribution in [1.29, 1.82) is 0 Å². The molecule has 8 nitrogen and oxygen atoms in total. The Morgan fingerprint density at radius 2 is 1.63 bits per heavy atom. The number of alkyl carbamates (subject to hydrolysis) is 1. The van der Waals surface area contributed by atoms with Gasteiger partial charge in [0.2, 0.25) is 0 Å². The van der Waals surface area contributed by atoms with Gasteiger partial charge < -0.3 is 24.2 Å². The molecule has 2 N–H and O–H groups in total. The van der Waals surface area contributed by atoms with Gasteiger partial charge >= 0.3 is 17.7 Å². The highest BCUT2D eigenvalue weighted by Gasteiger charge is 2.28. The summed E-state index contributed by atoms with van der Waals surface area (Å²) in [4.78, 5) is 41.8. The molecule has 8 heteroatoms. The lowest BCUT2D eigenvalue weighted by atomic mass is 10.0. The van der Waals surface area contributed by atoms with E-state index >= 15 is 0 Å². The molecule has 0 saturated carbocycles. The Hall–Kier alpha value is -4.59. The fourth-order valence-electron chi connectivity index (χ4n) is 4.51. The Labute approximate surface area is 218 Å². The minimum Gasteiger partial charge on any atom is -0.444 e. The molecular formula is C30H28N2O6. The SMILES string of the molecule is Cc1c(OC(=O)C(Cc2c[nH]c3ccccc23)NC(=O)OC(C)(C)C)ccc2c1oc(=O)c1ccccc12. The molecule has 2 aromatic heterocycles. The van der Waals surface area contributed by atoms with Crippen molar-refractivity contribution in [2.75, 3.05) is 0 Å². The van der Waals surface area contributed by atoms with Crippen molar-refractivity contribution in [3.8, 4) is 5.75 Å². The van der Waals surface area contributed by atoms with Gasteiger partial charge in [-0.05, 0) is 62.9 Å². The van der Waals surface area contributed by atoms with Crippen LogP contribution in [0.4, 0.5) is 4.79 Å². The smallest absolute Gasteiger partial charge is 0.408 e. The van der Waals surface area contributed by atoms with Crippen LogP contribution >= 0.6 is 0 Å². The minimum absolute atomic E-state index is 0.175. The Bertz CT molecular complexity index is 1740. The monoisotopic (exact) mass is 512 g/mol. The fourth-order valence-corrected chi connectivity index (χ4v) is 4.51. The normalized spacial score (nSPS) is 12.5. The zero-order valence-electron chi connectivity index (χ0n) is 21.6. The molecule has 0 aliphatic rings. The largest absolute Gasteiger partial charge is 0.444 e. The average Bonchev–Trinajstić information content (AvgIpc) is 3.27. The van der Waals surface area contributed by atoms with E-state index < -0.39 is 29.3 Å². The number of H-pyrrole nitrogens is 1. The molecule has 194 valence electrons. The number of carbonyl (C=O) groups is 2. The van der Waals surface area contributed by atoms with E-state index in [9.17, 15) is 14.4 Å². The number of fused-ring (bicyclic) bond motifs is 4. The second kappa shape index (κ2) is 9.70. The third-order valence-corrected chi connectivity index (χ3v) is 6.27. The van der Waals surface area contributed by atoms with E-state index in [1.807, 2.05) is 42.6 Å². The number of carbonyl (C=O) groups excluding carboxylic acids is 2. The molecule has 0 aliphatic carbocycles. The molecule has 38 heavy (non-hydrogen) atoms. The van der Waals surface area contributed by atoms with Crippen LogP contribution in [0.5, 0.6) is 5.75 Å². The third kappa shape index (κ3) is 4.98. The molecule has 5 aromatic rings. The number of hydrogen-bond donors (Lipinski definition) is 2. The Morgan fingerprint density at radius 1 is 0.947 bits per heavy atom. The van der Waals surface area contributed by atoms with E-state index in [0.29, 0.717) is 16.5 Å². The summed E-state index contributed by atoms with van der Waals surface area (Å²) in [6, 6.07) is 17.3. The van der Waals surface area contributed by atoms with Crippen LogP contribution in [0.25, 0.3) is 32.6 Å². The van der Waals surface area contributed by atoms with Crippen LogP contribution in [0.15, 0.2) is 76.1 Å². The predicted molar refractivity (Wildman–Crippen MR) is 146 cm³/mol. The number of aryl methyl sites for hydroxylation is 1. The molecular weight excluding hydrogens is 484 g/mol. The Kier molecular flexibility index (Phi) is 6.40. The summed E-state index contributed by atoms with van der Waals surface area (Å²) < 4.78 is 16.8. The first kappa shape index (κ1) is 25.1. The first-order valence-corrected chi connectivity index (χ1v) is 12.3. The summed E-state index contributed by atoms with van der Waals surface area (Å²) in [5.74, 6) is -0.442. The molecule has 0 saturated heterocycles. The predicted octanol–water partition coefficient (Wildman–Crippen LogP) is 5.78. The van der Waals surface area contributed by atoms with Gasteiger partial charge in [0.1, 0.15) is 23.0 Å². The van der Waals surface area contributed by atoms with Crippen LogP contribution in [-0.2, 0) is 16.0 Å². The Morgan fingerprint density at radius 3 is 2.37 bits per heavy atom. The molecule has 5 rings (SSSR count). The number of esters is 1. The van der Waals surface area contributed by atoms with Gasteiger partial charge in [-0.1, -0.05) is 36.4 Å². The second-order valence-corrected chi connectivity index (χ2v) is 10.2. The number of nitrogens with one attached hydrogen (secondary N) is 2. The van der Waals surface area contributed by atoms with Crippen molar-refractivity contribution in [3.63, 3.8) is 0 Å². The topological polar surface area (TPSA) is 111 Å². The number of amides is 1. The lowest BCUT2D eigenvalue weighted by molar-refractivity contribution is -0.136. The molecule has 0 bridgehead atoms. The molecule has 1 unspecified atom stereocenters. The van der Waals surface area contributed by atoms with E-state index in [2.05, 4.69) is 10.3 Å². The summed E-state index contributed by atoms with van der Waals surface area (Å²) in [6.07, 6.45) is 1.25. The van der Waals surface area contributed by atoms with Crippen LogP contribution in [0, 0.1) is 6.92 Å². The highest BCUT2D eigenvalue weighted by Crippen LogP contribution is 2.31. The number of hydrogen-bond acceptors (Lipinski definition) is 6. The second-order valence-electron chi connectivity index (χ2n) is 10.2. The summed E-state index contributed by atoms with van der Waals surface area (Å²) in [6.45, 7) is 6.96. The maximum atomic E-state index is 13.4. The first-order valence-electron chi connectivity index (χ1n) is 12.3. The quantitative estimate of drug-likeness (QED) is 0.134. The molecule has 0 spiro atoms. The molecule has 0 fully saturated rings. The first-order chi connectivity index (χ1) is 18.1. The molecule has 1 atom stereocenters. The van der Waals surface area contributed by atoms with Crippen LogP contribution in [0.2, 0.25) is 0 Å². The van der Waals surface area contributed by atoms with Crippen molar-refractivity contribution in [2.45, 2.75) is 45.8 Å². The summed E-state index contributed by atoms with van der Waals surface area (Å²) in [5.41, 5.74) is 1.39. The van der Waals surface area contributed by atoms with Gasteiger partial charge in [0.15, 0.2) is 0 Å². The van der Waals surface area contributed by atoms with Crippen molar-refractivity contribution in [3.05, 3.63) is 88.4 Å². The molecule has 3 aromatic carbocycles. The van der Waals surface area contributed by atoms with Gasteiger partial charge in [-0.2, -0.15) is 0 Å². The van der Waals surface area contributed by atoms with Crippen LogP contribution in [0.3, 0.4) is 0 Å². The van der Waals surface area contributed by atoms with Gasteiger partial charge in [-0.25, -0.2) is 14.4 Å². The minimum atomic E-state index is -1.04. The van der Waals surface area contributed by atoms with Crippen molar-refractivity contribution in [1.82, 2.24) is 10.3 Å². The molecule has 0 aliphatic heterocycles. The van der Waals surface area contributed by atoms with E-state index in [1.165, 1.54) is 0 Å². The van der Waals surface area contributed by atoms with Gasteiger partial charge in [0, 0.05) is 34.5 Å². The lowest BCUT2D eigenvalue weighted by Crippen LogP contribution is -2.46. The highest BCUT2D eigenvalue weighted by atomic mass is 16.6. The zero-order chi connectivity index (χ0) is 27.0. The fraction of sp³-hybridized carbons (Fsp3) is 0.233. The molecule has 0 radical (unpaired) electrons. The molecule has 1 amide bonds. The standard InChI is InChI=1S/C30H28N2O6/c1-17-25(14-13-21-20-10-5-6-11-22(20)27(33)37-26(17)21)36-28(34)24(32-29(35)38-30(2,3)4)15-18-16-31-23-12-8-7-9-19(18)23/h5-14,16,24,31H,15H2,1-4H3,(H,32,35). The van der Waals surface area contributed by atoms with E-state index in [1.54, 1.807) is 52.0 Å². The third-order valence-electron chi connectivity index (χ3n) is 6.27. The highest BCUT2D eigenvalue weighted by molar-refractivity contribution is 6.05. The number of aromatic amines is 1. The van der Waals surface area contributed by atoms with Gasteiger partial charge in [0.05, 0.1) is 5.39 Å². The van der Waals surface area contributed by atoms with Gasteiger partial charge in [-0.3, -0.25) is 0 Å². The summed E-state index contributed by atoms with van der Waals surface area (Å²) >= 11 is 0. The summed E-state index contributed by atoms with van der Waals surface area (Å²) in [7, 11) is 0. The molecule has 2 heterocycles. The maximum absolute atomic E-state index is 13.4. The van der Waals surface area contributed by atoms with Crippen LogP contribution in [-0.4, -0.2) is 28.7 Å². The number of aromatic nitrogens is 1. The summed E-state index contributed by atoms with van der Waals surface area (Å²) in [5, 5.41) is 5.57. The van der Waals surface area contributed by atoms with Crippen LogP contribution in [0.1, 0.15) is 31.9 Å². The lowest BCUT2D eigenvalue weighted by Gasteiger charge is -2.23. The van der Waals surface area contributed by atoms with Crippen molar-refractivity contribution in [2.24, 2.45) is 0 Å². The zero-order valence-corrected chi connectivity index (χ0v) is 21.6. The van der Waals surface area contributed by atoms with E-state index in [4.69, 9.17) is 13.9 Å². The number of rotatable bonds is 5. The van der Waals surface area contributed by atoms with Crippen molar-refractivity contribution < 1.29 is 23.5 Å². The number of ether oxygens (including phenoxy) is 2. The number of benzene rings is 3. The van der Waals surface area contributed by atoms with Gasteiger partial charge in [0.25, 0.3) is 0 Å². The van der Waals surface area contributed by atoms with E-state index in [0.717, 1.165) is 27.2 Å². The van der Waals surface area contributed by atoms with Gasteiger partial charge in [-0.15, -0.1) is 0 Å².